The Morgan fingerprint density at radius 1 is 0.500 bits per heavy atom. The summed E-state index contributed by atoms with van der Waals surface area (Å²) in [6, 6.07) is -0.724. The number of esters is 2. The molecule has 0 spiro atoms. The number of aliphatic carboxylic acids is 1. The van der Waals surface area contributed by atoms with Gasteiger partial charge in [-0.1, -0.05) is 211 Å². The second-order valence-electron chi connectivity index (χ2n) is 18.7. The number of rotatable bonds is 47. The molecule has 0 aromatic rings. The van der Waals surface area contributed by atoms with Gasteiger partial charge in [0, 0.05) is 19.3 Å². The summed E-state index contributed by atoms with van der Waals surface area (Å²) in [6.45, 7) is 4.59. The van der Waals surface area contributed by atoms with Crippen molar-refractivity contribution in [2.45, 2.75) is 251 Å². The molecule has 0 radical (unpaired) electrons. The zero-order valence-corrected chi connectivity index (χ0v) is 41.3. The second-order valence-corrected chi connectivity index (χ2v) is 18.7. The largest absolute Gasteiger partial charge is 0.544 e. The molecule has 0 fully saturated rings. The van der Waals surface area contributed by atoms with Crippen LogP contribution in [0.5, 0.6) is 0 Å². The third-order valence-corrected chi connectivity index (χ3v) is 11.8. The Balaban J connectivity index is 4.18. The molecule has 0 heterocycles. The topological polar surface area (TPSA) is 102 Å². The lowest BCUT2D eigenvalue weighted by Gasteiger charge is -2.34. The minimum absolute atomic E-state index is 0.0443. The SMILES string of the molecule is CC/C=C/C/C=C/C/C=C/CCCCCCCCCCCCCCCC(=O)OC(COCCC(C(=O)[O-])[N+](C)(C)C)COC(=O)CCCCCCCCCCCCCCCCC. The van der Waals surface area contributed by atoms with Gasteiger partial charge in [0.2, 0.25) is 0 Å². The maximum absolute atomic E-state index is 12.8. The van der Waals surface area contributed by atoms with Crippen molar-refractivity contribution in [3.05, 3.63) is 36.5 Å². The van der Waals surface area contributed by atoms with E-state index in [2.05, 4.69) is 50.3 Å². The summed E-state index contributed by atoms with van der Waals surface area (Å²) in [5, 5.41) is 11.7. The Kier molecular flexibility index (Phi) is 43.3. The number of carboxylic acids is 1. The van der Waals surface area contributed by atoms with E-state index >= 15 is 0 Å². The molecule has 2 unspecified atom stereocenters. The molecule has 0 aromatic carbocycles. The number of unbranched alkanes of at least 4 members (excludes halogenated alkanes) is 27. The molecule has 0 aliphatic heterocycles. The Hall–Kier alpha value is -2.45. The average Bonchev–Trinajstić information content (AvgIpc) is 3.23. The normalized spacial score (nSPS) is 13.1. The number of quaternary nitrogens is 1. The van der Waals surface area contributed by atoms with Crippen molar-refractivity contribution in [1.29, 1.82) is 0 Å². The Morgan fingerprint density at radius 2 is 0.903 bits per heavy atom. The first-order chi connectivity index (χ1) is 30.1. The van der Waals surface area contributed by atoms with Gasteiger partial charge < -0.3 is 28.6 Å². The fourth-order valence-corrected chi connectivity index (χ4v) is 7.79. The second kappa shape index (κ2) is 45.1. The van der Waals surface area contributed by atoms with Gasteiger partial charge in [-0.25, -0.2) is 0 Å². The van der Waals surface area contributed by atoms with E-state index < -0.39 is 18.1 Å². The Labute approximate surface area is 383 Å². The molecule has 362 valence electrons. The third-order valence-electron chi connectivity index (χ3n) is 11.8. The summed E-state index contributed by atoms with van der Waals surface area (Å²) >= 11 is 0. The molecule has 0 saturated carbocycles. The molecule has 62 heavy (non-hydrogen) atoms. The van der Waals surface area contributed by atoms with Gasteiger partial charge in [0.1, 0.15) is 12.6 Å². The highest BCUT2D eigenvalue weighted by molar-refractivity contribution is 5.70. The average molecular weight is 874 g/mol. The van der Waals surface area contributed by atoms with Crippen molar-refractivity contribution < 1.29 is 38.2 Å². The van der Waals surface area contributed by atoms with E-state index in [1.165, 1.54) is 148 Å². The maximum Gasteiger partial charge on any atom is 0.306 e. The number of hydrogen-bond donors (Lipinski definition) is 0. The van der Waals surface area contributed by atoms with Crippen LogP contribution in [0.4, 0.5) is 0 Å². The van der Waals surface area contributed by atoms with Gasteiger partial charge in [-0.2, -0.15) is 0 Å². The molecule has 0 aromatic heterocycles. The number of likely N-dealkylation sites (N-methyl/N-ethyl adjacent to an activating group) is 1. The summed E-state index contributed by atoms with van der Waals surface area (Å²) in [6.07, 6.45) is 53.2. The van der Waals surface area contributed by atoms with E-state index in [1.54, 1.807) is 0 Å². The zero-order chi connectivity index (χ0) is 45.6. The van der Waals surface area contributed by atoms with Gasteiger partial charge in [0.05, 0.1) is 40.3 Å². The summed E-state index contributed by atoms with van der Waals surface area (Å²) in [5.74, 6) is -1.72. The molecule has 8 nitrogen and oxygen atoms in total. The quantitative estimate of drug-likeness (QED) is 0.0260. The molecule has 8 heteroatoms. The lowest BCUT2D eigenvalue weighted by molar-refractivity contribution is -0.889. The third kappa shape index (κ3) is 42.8. The van der Waals surface area contributed by atoms with Gasteiger partial charge in [-0.05, 0) is 44.9 Å². The highest BCUT2D eigenvalue weighted by Gasteiger charge is 2.25. The predicted molar refractivity (Wildman–Crippen MR) is 259 cm³/mol. The number of allylic oxidation sites excluding steroid dienone is 6. The summed E-state index contributed by atoms with van der Waals surface area (Å²) in [4.78, 5) is 37.0. The molecule has 0 N–H and O–H groups in total. The van der Waals surface area contributed by atoms with Crippen molar-refractivity contribution in [3.63, 3.8) is 0 Å². The lowest BCUT2D eigenvalue weighted by Crippen LogP contribution is -2.55. The first-order valence-corrected chi connectivity index (χ1v) is 26.0. The van der Waals surface area contributed by atoms with E-state index in [9.17, 15) is 19.5 Å². The summed E-state index contributed by atoms with van der Waals surface area (Å²) in [7, 11) is 5.42. The van der Waals surface area contributed by atoms with Gasteiger partial charge >= 0.3 is 11.9 Å². The predicted octanol–water partition coefficient (Wildman–Crippen LogP) is 13.6. The van der Waals surface area contributed by atoms with E-state index in [0.717, 1.165) is 57.8 Å². The van der Waals surface area contributed by atoms with Crippen LogP contribution in [-0.4, -0.2) is 75.5 Å². The molecule has 0 bridgehead atoms. The van der Waals surface area contributed by atoms with E-state index in [-0.39, 0.29) is 42.7 Å². The van der Waals surface area contributed by atoms with Crippen LogP contribution >= 0.6 is 0 Å². The van der Waals surface area contributed by atoms with Gasteiger partial charge in [0.15, 0.2) is 6.10 Å². The van der Waals surface area contributed by atoms with Crippen molar-refractivity contribution in [2.75, 3.05) is 41.0 Å². The van der Waals surface area contributed by atoms with Gasteiger partial charge in [0.25, 0.3) is 0 Å². The highest BCUT2D eigenvalue weighted by Crippen LogP contribution is 2.16. The molecular formula is C54H99NO7. The number of carbonyl (C=O) groups excluding carboxylic acids is 3. The van der Waals surface area contributed by atoms with Crippen molar-refractivity contribution >= 4 is 17.9 Å². The molecule has 2 atom stereocenters. The van der Waals surface area contributed by atoms with Gasteiger partial charge in [-0.15, -0.1) is 0 Å². The molecule has 0 aliphatic rings. The number of ether oxygens (including phenoxy) is 3. The zero-order valence-electron chi connectivity index (χ0n) is 41.3. The Morgan fingerprint density at radius 3 is 1.34 bits per heavy atom. The number of carbonyl (C=O) groups is 3. The van der Waals surface area contributed by atoms with Gasteiger partial charge in [-0.3, -0.25) is 9.59 Å². The fourth-order valence-electron chi connectivity index (χ4n) is 7.79. The van der Waals surface area contributed by atoms with Crippen LogP contribution in [0.2, 0.25) is 0 Å². The molecule has 0 saturated heterocycles. The summed E-state index contributed by atoms with van der Waals surface area (Å²) in [5.41, 5.74) is 0. The number of carboxylic acid groups (broad SMARTS) is 1. The van der Waals surface area contributed by atoms with Crippen LogP contribution in [0.3, 0.4) is 0 Å². The monoisotopic (exact) mass is 874 g/mol. The van der Waals surface area contributed by atoms with Crippen LogP contribution in [0, 0.1) is 0 Å². The van der Waals surface area contributed by atoms with E-state index in [4.69, 9.17) is 14.2 Å². The smallest absolute Gasteiger partial charge is 0.306 e. The first-order valence-electron chi connectivity index (χ1n) is 26.0. The Bertz CT molecular complexity index is 1110. The first kappa shape index (κ1) is 59.5. The van der Waals surface area contributed by atoms with E-state index in [1.807, 2.05) is 21.1 Å². The van der Waals surface area contributed by atoms with E-state index in [0.29, 0.717) is 12.8 Å². The minimum Gasteiger partial charge on any atom is -0.544 e. The van der Waals surface area contributed by atoms with Crippen LogP contribution in [-0.2, 0) is 28.6 Å². The van der Waals surface area contributed by atoms with Crippen LogP contribution < -0.4 is 5.11 Å². The standard InChI is InChI=1S/C54H99NO7/c1-6-8-10-12-14-16-18-20-22-23-24-25-26-27-28-29-31-33-35-37-39-41-43-45-53(57)62-50(48-60-47-46-51(54(58)59)55(3,4)5)49-61-52(56)44-42-40-38-36-34-32-30-21-19-17-15-13-11-9-7-2/h8,10,14,16,20,22,50-51H,6-7,9,11-13,15,17-19,21,23-49H2,1-5H3/b10-8+,16-14+,22-20+. The molecule has 0 amide bonds. The molecule has 0 rings (SSSR count). The highest BCUT2D eigenvalue weighted by atomic mass is 16.6. The van der Waals surface area contributed by atoms with Crippen LogP contribution in [0.1, 0.15) is 239 Å². The number of hydrogen-bond acceptors (Lipinski definition) is 7. The van der Waals surface area contributed by atoms with Crippen molar-refractivity contribution in [3.8, 4) is 0 Å². The van der Waals surface area contributed by atoms with Crippen LogP contribution in [0.15, 0.2) is 36.5 Å². The number of nitrogens with zero attached hydrogens (tertiary/aromatic N) is 1. The minimum atomic E-state index is -1.12. The van der Waals surface area contributed by atoms with Crippen LogP contribution in [0.25, 0.3) is 0 Å². The molecule has 0 aliphatic carbocycles. The summed E-state index contributed by atoms with van der Waals surface area (Å²) < 4.78 is 17.3. The maximum atomic E-state index is 12.8. The molecular weight excluding hydrogens is 775 g/mol. The van der Waals surface area contributed by atoms with Crippen molar-refractivity contribution in [1.82, 2.24) is 0 Å². The van der Waals surface area contributed by atoms with Crippen molar-refractivity contribution in [2.24, 2.45) is 0 Å². The lowest BCUT2D eigenvalue weighted by atomic mass is 10.0. The fraction of sp³-hybridized carbons (Fsp3) is 0.833.